The first-order chi connectivity index (χ1) is 19.0. The van der Waals surface area contributed by atoms with Gasteiger partial charge in [0.2, 0.25) is 21.8 Å². The summed E-state index contributed by atoms with van der Waals surface area (Å²) in [4.78, 5) is 28.4. The smallest absolute Gasteiger partial charge is 0.244 e. The van der Waals surface area contributed by atoms with E-state index in [9.17, 15) is 18.0 Å². The molecule has 0 fully saturated rings. The maximum Gasteiger partial charge on any atom is 0.244 e. The number of benzene rings is 3. The molecule has 214 valence electrons. The van der Waals surface area contributed by atoms with Gasteiger partial charge < -0.3 is 15.0 Å². The molecule has 0 spiro atoms. The van der Waals surface area contributed by atoms with Gasteiger partial charge in [0.15, 0.2) is 0 Å². The third kappa shape index (κ3) is 8.84. The van der Waals surface area contributed by atoms with Gasteiger partial charge in [-0.2, -0.15) is 0 Å². The van der Waals surface area contributed by atoms with Crippen LogP contribution in [0.25, 0.3) is 0 Å². The van der Waals surface area contributed by atoms with Crippen LogP contribution in [-0.2, 0) is 32.8 Å². The fourth-order valence-corrected chi connectivity index (χ4v) is 5.22. The zero-order chi connectivity index (χ0) is 29.3. The van der Waals surface area contributed by atoms with E-state index < -0.39 is 28.5 Å². The molecule has 0 saturated carbocycles. The zero-order valence-corrected chi connectivity index (χ0v) is 24.6. The summed E-state index contributed by atoms with van der Waals surface area (Å²) >= 11 is 0. The first kappa shape index (κ1) is 30.7. The van der Waals surface area contributed by atoms with Crippen LogP contribution in [0.5, 0.6) is 5.75 Å². The number of carbonyl (C=O) groups is 2. The molecule has 0 radical (unpaired) electrons. The molecule has 0 heterocycles. The fourth-order valence-electron chi connectivity index (χ4n) is 4.37. The molecule has 1 N–H and O–H groups in total. The van der Waals surface area contributed by atoms with Gasteiger partial charge in [0, 0.05) is 12.6 Å². The molecule has 0 aliphatic heterocycles. The average molecular weight is 566 g/mol. The lowest BCUT2D eigenvalue weighted by molar-refractivity contribution is -0.140. The van der Waals surface area contributed by atoms with Crippen LogP contribution in [0, 0.1) is 6.92 Å². The summed E-state index contributed by atoms with van der Waals surface area (Å²) in [6.45, 7) is 7.61. The molecule has 3 aromatic carbocycles. The number of sulfonamides is 1. The van der Waals surface area contributed by atoms with Crippen LogP contribution in [0.15, 0.2) is 78.9 Å². The van der Waals surface area contributed by atoms with Crippen LogP contribution in [0.3, 0.4) is 0 Å². The minimum atomic E-state index is -3.82. The van der Waals surface area contributed by atoms with Gasteiger partial charge >= 0.3 is 0 Å². The molecule has 1 atom stereocenters. The molecule has 0 aliphatic rings. The standard InChI is InChI=1S/C31H39N3O5S/c1-6-29(31(36)32-23(2)3)33(20-26-14-10-11-24(4)19-26)30(35)21-34(40(5,37)38)27-15-17-28(18-16-27)39-22-25-12-8-7-9-13-25/h7-19,23,29H,6,20-22H2,1-5H3,(H,32,36)/t29-/m1/s1. The van der Waals surface area contributed by atoms with E-state index in [-0.39, 0.29) is 18.5 Å². The Hall–Kier alpha value is -3.85. The van der Waals surface area contributed by atoms with Gasteiger partial charge in [-0.1, -0.05) is 67.1 Å². The first-order valence-corrected chi connectivity index (χ1v) is 15.2. The van der Waals surface area contributed by atoms with Crippen molar-refractivity contribution in [2.75, 3.05) is 17.1 Å². The number of nitrogens with one attached hydrogen (secondary N) is 1. The second-order valence-electron chi connectivity index (χ2n) is 10.1. The number of amides is 2. The second-order valence-corrected chi connectivity index (χ2v) is 12.0. The number of hydrogen-bond donors (Lipinski definition) is 1. The van der Waals surface area contributed by atoms with Gasteiger partial charge in [0.25, 0.3) is 0 Å². The summed E-state index contributed by atoms with van der Waals surface area (Å²) in [6.07, 6.45) is 1.44. The van der Waals surface area contributed by atoms with Gasteiger partial charge in [-0.25, -0.2) is 8.42 Å². The largest absolute Gasteiger partial charge is 0.489 e. The van der Waals surface area contributed by atoms with Crippen LogP contribution in [-0.4, -0.2) is 50.0 Å². The van der Waals surface area contributed by atoms with Gasteiger partial charge in [-0.3, -0.25) is 13.9 Å². The Morgan fingerprint density at radius 1 is 0.925 bits per heavy atom. The number of aryl methyl sites for hydroxylation is 1. The van der Waals surface area contributed by atoms with Crippen molar-refractivity contribution < 1.29 is 22.7 Å². The molecule has 0 bridgehead atoms. The fraction of sp³-hybridized carbons (Fsp3) is 0.355. The Morgan fingerprint density at radius 2 is 1.57 bits per heavy atom. The minimum Gasteiger partial charge on any atom is -0.489 e. The Labute approximate surface area is 238 Å². The predicted octanol–water partition coefficient (Wildman–Crippen LogP) is 4.67. The zero-order valence-electron chi connectivity index (χ0n) is 23.8. The summed E-state index contributed by atoms with van der Waals surface area (Å²) in [5.41, 5.74) is 3.22. The molecule has 0 saturated heterocycles. The van der Waals surface area contributed by atoms with Crippen molar-refractivity contribution in [3.05, 3.63) is 95.6 Å². The highest BCUT2D eigenvalue weighted by atomic mass is 32.2. The van der Waals surface area contributed by atoms with Crippen molar-refractivity contribution in [1.29, 1.82) is 0 Å². The van der Waals surface area contributed by atoms with Gasteiger partial charge in [0.1, 0.15) is 24.9 Å². The topological polar surface area (TPSA) is 96.0 Å². The van der Waals surface area contributed by atoms with Crippen molar-refractivity contribution in [1.82, 2.24) is 10.2 Å². The summed E-state index contributed by atoms with van der Waals surface area (Å²) in [7, 11) is -3.82. The molecule has 8 nitrogen and oxygen atoms in total. The summed E-state index contributed by atoms with van der Waals surface area (Å²) in [5.74, 6) is -0.170. The molecule has 0 aromatic heterocycles. The summed E-state index contributed by atoms with van der Waals surface area (Å²) < 4.78 is 32.6. The van der Waals surface area contributed by atoms with Crippen LogP contribution in [0.1, 0.15) is 43.9 Å². The maximum absolute atomic E-state index is 13.8. The van der Waals surface area contributed by atoms with Crippen molar-refractivity contribution in [2.45, 2.75) is 59.4 Å². The Bertz CT molecular complexity index is 1380. The van der Waals surface area contributed by atoms with Gasteiger partial charge in [-0.05, 0) is 62.6 Å². The van der Waals surface area contributed by atoms with Crippen LogP contribution in [0.4, 0.5) is 5.69 Å². The van der Waals surface area contributed by atoms with E-state index in [1.165, 1.54) is 4.90 Å². The average Bonchev–Trinajstić information content (AvgIpc) is 2.90. The number of anilines is 1. The Morgan fingerprint density at radius 3 is 2.15 bits per heavy atom. The number of rotatable bonds is 13. The molecule has 2 amide bonds. The third-order valence-corrected chi connectivity index (χ3v) is 7.45. The van der Waals surface area contributed by atoms with E-state index in [0.29, 0.717) is 24.5 Å². The van der Waals surface area contributed by atoms with E-state index in [4.69, 9.17) is 4.74 Å². The molecule has 40 heavy (non-hydrogen) atoms. The van der Waals surface area contributed by atoms with Crippen molar-refractivity contribution in [3.63, 3.8) is 0 Å². The number of hydrogen-bond acceptors (Lipinski definition) is 5. The Balaban J connectivity index is 1.85. The molecule has 3 rings (SSSR count). The number of carbonyl (C=O) groups excluding carboxylic acids is 2. The highest BCUT2D eigenvalue weighted by molar-refractivity contribution is 7.92. The molecular weight excluding hydrogens is 526 g/mol. The highest BCUT2D eigenvalue weighted by Gasteiger charge is 2.32. The van der Waals surface area contributed by atoms with Crippen molar-refractivity contribution >= 4 is 27.5 Å². The monoisotopic (exact) mass is 565 g/mol. The van der Waals surface area contributed by atoms with Gasteiger partial charge in [-0.15, -0.1) is 0 Å². The van der Waals surface area contributed by atoms with Crippen molar-refractivity contribution in [2.24, 2.45) is 0 Å². The van der Waals surface area contributed by atoms with E-state index >= 15 is 0 Å². The third-order valence-electron chi connectivity index (χ3n) is 6.30. The molecule has 0 unspecified atom stereocenters. The van der Waals surface area contributed by atoms with E-state index in [1.807, 2.05) is 82.3 Å². The normalized spacial score (nSPS) is 12.1. The highest BCUT2D eigenvalue weighted by Crippen LogP contribution is 2.23. The molecule has 0 aliphatic carbocycles. The summed E-state index contributed by atoms with van der Waals surface area (Å²) in [6, 6.07) is 23.1. The summed E-state index contributed by atoms with van der Waals surface area (Å²) in [5, 5.41) is 2.89. The van der Waals surface area contributed by atoms with Crippen LogP contribution in [0.2, 0.25) is 0 Å². The number of nitrogens with zero attached hydrogens (tertiary/aromatic N) is 2. The van der Waals surface area contributed by atoms with E-state index in [2.05, 4.69) is 5.32 Å². The SMILES string of the molecule is CC[C@H](C(=O)NC(C)C)N(Cc1cccc(C)c1)C(=O)CN(c1ccc(OCc2ccccc2)cc1)S(C)(=O)=O. The van der Waals surface area contributed by atoms with Crippen LogP contribution < -0.4 is 14.4 Å². The lowest BCUT2D eigenvalue weighted by atomic mass is 10.1. The first-order valence-electron chi connectivity index (χ1n) is 13.4. The predicted molar refractivity (Wildman–Crippen MR) is 158 cm³/mol. The maximum atomic E-state index is 13.8. The van der Waals surface area contributed by atoms with Gasteiger partial charge in [0.05, 0.1) is 11.9 Å². The second kappa shape index (κ2) is 14.0. The lowest BCUT2D eigenvalue weighted by Gasteiger charge is -2.33. The molecular formula is C31H39N3O5S. The molecule has 3 aromatic rings. The van der Waals surface area contributed by atoms with Crippen molar-refractivity contribution in [3.8, 4) is 5.75 Å². The lowest BCUT2D eigenvalue weighted by Crippen LogP contribution is -2.53. The van der Waals surface area contributed by atoms with Crippen LogP contribution >= 0.6 is 0 Å². The van der Waals surface area contributed by atoms with E-state index in [0.717, 1.165) is 27.3 Å². The quantitative estimate of drug-likeness (QED) is 0.325. The number of ether oxygens (including phenoxy) is 1. The minimum absolute atomic E-state index is 0.104. The molecule has 9 heteroatoms. The van der Waals surface area contributed by atoms with E-state index in [1.54, 1.807) is 24.3 Å². The Kier molecular flexibility index (Phi) is 10.7.